The summed E-state index contributed by atoms with van der Waals surface area (Å²) in [6.07, 6.45) is 0.286. The van der Waals surface area contributed by atoms with Gasteiger partial charge in [-0.25, -0.2) is 0 Å². The first-order chi connectivity index (χ1) is 10.4. The molecular formula is C16H24N2O4. The molecule has 0 aliphatic rings. The molecule has 0 unspecified atom stereocenters. The number of carbonyl (C=O) groups excluding carboxylic acids is 2. The summed E-state index contributed by atoms with van der Waals surface area (Å²) < 4.78 is 10.5. The maximum Gasteiger partial charge on any atom is 0.226 e. The van der Waals surface area contributed by atoms with Gasteiger partial charge in [0.25, 0.3) is 0 Å². The lowest BCUT2D eigenvalue weighted by atomic mass is 10.2. The zero-order valence-electron chi connectivity index (χ0n) is 13.6. The molecule has 0 heterocycles. The third kappa shape index (κ3) is 6.58. The van der Waals surface area contributed by atoms with Gasteiger partial charge in [-0.2, -0.15) is 0 Å². The van der Waals surface area contributed by atoms with Gasteiger partial charge in [-0.1, -0.05) is 13.8 Å². The van der Waals surface area contributed by atoms with Crippen LogP contribution in [0.1, 0.15) is 27.2 Å². The number of amides is 2. The van der Waals surface area contributed by atoms with Crippen LogP contribution in [-0.2, 0) is 14.3 Å². The Balaban J connectivity index is 2.57. The predicted octanol–water partition coefficient (Wildman–Crippen LogP) is 2.65. The maximum atomic E-state index is 11.8. The van der Waals surface area contributed by atoms with E-state index in [1.807, 2.05) is 0 Å². The summed E-state index contributed by atoms with van der Waals surface area (Å²) in [6, 6.07) is 5.07. The van der Waals surface area contributed by atoms with Crippen LogP contribution in [0.2, 0.25) is 0 Å². The summed E-state index contributed by atoms with van der Waals surface area (Å²) in [4.78, 5) is 23.0. The number of nitrogens with one attached hydrogen (secondary N) is 2. The van der Waals surface area contributed by atoms with Gasteiger partial charge in [0.1, 0.15) is 5.75 Å². The van der Waals surface area contributed by atoms with E-state index in [0.717, 1.165) is 0 Å². The lowest BCUT2D eigenvalue weighted by Crippen LogP contribution is -2.15. The van der Waals surface area contributed by atoms with E-state index in [0.29, 0.717) is 36.3 Å². The van der Waals surface area contributed by atoms with Crippen molar-refractivity contribution in [2.24, 2.45) is 5.92 Å². The highest BCUT2D eigenvalue weighted by Gasteiger charge is 2.08. The molecule has 0 fully saturated rings. The number of hydrogen-bond donors (Lipinski definition) is 2. The fraction of sp³-hybridized carbons (Fsp3) is 0.500. The zero-order chi connectivity index (χ0) is 16.5. The van der Waals surface area contributed by atoms with Crippen LogP contribution in [0.5, 0.6) is 5.75 Å². The number of anilines is 2. The summed E-state index contributed by atoms with van der Waals surface area (Å²) in [5, 5.41) is 5.43. The average molecular weight is 308 g/mol. The van der Waals surface area contributed by atoms with Crippen LogP contribution in [0, 0.1) is 5.92 Å². The van der Waals surface area contributed by atoms with Crippen molar-refractivity contribution >= 4 is 23.2 Å². The van der Waals surface area contributed by atoms with Crippen LogP contribution in [0.25, 0.3) is 0 Å². The Morgan fingerprint density at radius 1 is 1.23 bits per heavy atom. The quantitative estimate of drug-likeness (QED) is 0.724. The van der Waals surface area contributed by atoms with Crippen LogP contribution in [0.3, 0.4) is 0 Å². The maximum absolute atomic E-state index is 11.8. The normalized spacial score (nSPS) is 10.4. The first-order valence-corrected chi connectivity index (χ1v) is 7.25. The Labute approximate surface area is 131 Å². The van der Waals surface area contributed by atoms with E-state index in [1.165, 1.54) is 14.0 Å². The summed E-state index contributed by atoms with van der Waals surface area (Å²) >= 11 is 0. The second kappa shape index (κ2) is 9.04. The van der Waals surface area contributed by atoms with Crippen molar-refractivity contribution in [3.8, 4) is 5.75 Å². The molecular weight excluding hydrogens is 284 g/mol. The molecule has 0 atom stereocenters. The van der Waals surface area contributed by atoms with Crippen LogP contribution in [0.15, 0.2) is 18.2 Å². The smallest absolute Gasteiger partial charge is 0.226 e. The molecule has 0 aliphatic carbocycles. The highest BCUT2D eigenvalue weighted by atomic mass is 16.5. The van der Waals surface area contributed by atoms with Crippen molar-refractivity contribution in [2.45, 2.75) is 27.2 Å². The Bertz CT molecular complexity index is 515. The number of ether oxygens (including phenoxy) is 2. The molecule has 22 heavy (non-hydrogen) atoms. The topological polar surface area (TPSA) is 76.7 Å². The SMILES string of the molecule is COc1ccc(NC(=O)CCOCC(C)C)cc1NC(C)=O. The minimum atomic E-state index is -0.205. The molecule has 2 N–H and O–H groups in total. The van der Waals surface area contributed by atoms with E-state index in [2.05, 4.69) is 24.5 Å². The number of rotatable bonds is 8. The predicted molar refractivity (Wildman–Crippen MR) is 86.2 cm³/mol. The van der Waals surface area contributed by atoms with E-state index < -0.39 is 0 Å². The van der Waals surface area contributed by atoms with Crippen LogP contribution < -0.4 is 15.4 Å². The molecule has 122 valence electrons. The van der Waals surface area contributed by atoms with Crippen molar-refractivity contribution in [3.63, 3.8) is 0 Å². The van der Waals surface area contributed by atoms with E-state index in [9.17, 15) is 9.59 Å². The monoisotopic (exact) mass is 308 g/mol. The van der Waals surface area contributed by atoms with Crippen LogP contribution >= 0.6 is 0 Å². The number of hydrogen-bond acceptors (Lipinski definition) is 4. The first-order valence-electron chi connectivity index (χ1n) is 7.25. The molecule has 0 bridgehead atoms. The molecule has 6 nitrogen and oxygen atoms in total. The van der Waals surface area contributed by atoms with Gasteiger partial charge in [-0.3, -0.25) is 9.59 Å². The van der Waals surface area contributed by atoms with Gasteiger partial charge in [0.05, 0.1) is 25.8 Å². The van der Waals surface area contributed by atoms with E-state index in [4.69, 9.17) is 9.47 Å². The van der Waals surface area contributed by atoms with E-state index in [-0.39, 0.29) is 18.2 Å². The molecule has 0 aromatic heterocycles. The number of benzene rings is 1. The Morgan fingerprint density at radius 2 is 1.95 bits per heavy atom. The highest BCUT2D eigenvalue weighted by Crippen LogP contribution is 2.27. The van der Waals surface area contributed by atoms with Crippen LogP contribution in [-0.4, -0.2) is 32.1 Å². The number of carbonyl (C=O) groups is 2. The lowest BCUT2D eigenvalue weighted by molar-refractivity contribution is -0.117. The second-order valence-corrected chi connectivity index (χ2v) is 5.36. The molecule has 1 rings (SSSR count). The molecule has 6 heteroatoms. The number of methoxy groups -OCH3 is 1. The van der Waals surface area contributed by atoms with Gasteiger partial charge in [0.15, 0.2) is 0 Å². The van der Waals surface area contributed by atoms with Gasteiger partial charge in [0, 0.05) is 19.2 Å². The molecule has 0 radical (unpaired) electrons. The fourth-order valence-electron chi connectivity index (χ4n) is 1.78. The Kier molecular flexibility index (Phi) is 7.39. The molecule has 1 aromatic carbocycles. The zero-order valence-corrected chi connectivity index (χ0v) is 13.6. The van der Waals surface area contributed by atoms with Gasteiger partial charge < -0.3 is 20.1 Å². The standard InChI is InChI=1S/C16H24N2O4/c1-11(2)10-22-8-7-16(20)18-13-5-6-15(21-4)14(9-13)17-12(3)19/h5-6,9,11H,7-8,10H2,1-4H3,(H,17,19)(H,18,20). The van der Waals surface area contributed by atoms with Crippen molar-refractivity contribution < 1.29 is 19.1 Å². The largest absolute Gasteiger partial charge is 0.495 e. The summed E-state index contributed by atoms with van der Waals surface area (Å²) in [6.45, 7) is 6.56. The van der Waals surface area contributed by atoms with Crippen molar-refractivity contribution in [1.29, 1.82) is 0 Å². The summed E-state index contributed by atoms with van der Waals surface area (Å²) in [5.74, 6) is 0.643. The summed E-state index contributed by atoms with van der Waals surface area (Å²) in [7, 11) is 1.52. The van der Waals surface area contributed by atoms with Crippen molar-refractivity contribution in [1.82, 2.24) is 0 Å². The van der Waals surface area contributed by atoms with Gasteiger partial charge in [-0.05, 0) is 24.1 Å². The Hall–Kier alpha value is -2.08. The minimum Gasteiger partial charge on any atom is -0.495 e. The highest BCUT2D eigenvalue weighted by molar-refractivity contribution is 5.94. The molecule has 1 aromatic rings. The third-order valence-electron chi connectivity index (χ3n) is 2.72. The molecule has 0 saturated carbocycles. The van der Waals surface area contributed by atoms with E-state index in [1.54, 1.807) is 18.2 Å². The molecule has 2 amide bonds. The summed E-state index contributed by atoms with van der Waals surface area (Å²) in [5.41, 5.74) is 1.11. The van der Waals surface area contributed by atoms with Crippen molar-refractivity contribution in [3.05, 3.63) is 18.2 Å². The second-order valence-electron chi connectivity index (χ2n) is 5.36. The molecule has 0 aliphatic heterocycles. The van der Waals surface area contributed by atoms with Crippen molar-refractivity contribution in [2.75, 3.05) is 31.0 Å². The van der Waals surface area contributed by atoms with Gasteiger partial charge >= 0.3 is 0 Å². The third-order valence-corrected chi connectivity index (χ3v) is 2.72. The fourth-order valence-corrected chi connectivity index (χ4v) is 1.78. The van der Waals surface area contributed by atoms with Gasteiger partial charge in [-0.15, -0.1) is 0 Å². The van der Waals surface area contributed by atoms with Crippen LogP contribution in [0.4, 0.5) is 11.4 Å². The van der Waals surface area contributed by atoms with Gasteiger partial charge in [0.2, 0.25) is 11.8 Å². The average Bonchev–Trinajstić information content (AvgIpc) is 2.43. The van der Waals surface area contributed by atoms with E-state index >= 15 is 0 Å². The minimum absolute atomic E-state index is 0.136. The first kappa shape index (κ1) is 18.0. The Morgan fingerprint density at radius 3 is 2.55 bits per heavy atom. The molecule has 0 spiro atoms. The molecule has 0 saturated heterocycles. The lowest BCUT2D eigenvalue weighted by Gasteiger charge is -2.12.